The molecule has 1 N–H and O–H groups in total. The van der Waals surface area contributed by atoms with Gasteiger partial charge in [-0.15, -0.1) is 0 Å². The summed E-state index contributed by atoms with van der Waals surface area (Å²) in [5.74, 6) is -0.0304. The van der Waals surface area contributed by atoms with Gasteiger partial charge in [-0.2, -0.15) is 0 Å². The van der Waals surface area contributed by atoms with E-state index in [1.807, 2.05) is 31.4 Å². The van der Waals surface area contributed by atoms with Gasteiger partial charge in [-0.1, -0.05) is 18.7 Å². The molecule has 136 valence electrons. The smallest absolute Gasteiger partial charge is 0.338 e. The molecule has 0 aliphatic rings. The number of nitrogens with zero attached hydrogens (tertiary/aromatic N) is 2. The predicted molar refractivity (Wildman–Crippen MR) is 100.0 cm³/mol. The Labute approximate surface area is 152 Å². The molecule has 1 aromatic carbocycles. The van der Waals surface area contributed by atoms with Crippen molar-refractivity contribution in [2.45, 2.75) is 51.9 Å². The third kappa shape index (κ3) is 4.75. The van der Waals surface area contributed by atoms with Gasteiger partial charge in [0.05, 0.1) is 29.0 Å². The first-order chi connectivity index (χ1) is 12.0. The molecule has 6 nitrogen and oxygen atoms in total. The molecule has 0 radical (unpaired) electrons. The molecule has 2 rings (SSSR count). The minimum absolute atomic E-state index is 0.00118. The highest BCUT2D eigenvalue weighted by molar-refractivity contribution is 7.99. The Balaban J connectivity index is 2.19. The number of rotatable bonds is 8. The summed E-state index contributed by atoms with van der Waals surface area (Å²) in [5, 5.41) is 3.73. The lowest BCUT2D eigenvalue weighted by molar-refractivity contribution is -0.119. The Bertz CT molecular complexity index is 757. The summed E-state index contributed by atoms with van der Waals surface area (Å²) >= 11 is 1.41. The first-order valence-corrected chi connectivity index (χ1v) is 9.58. The topological polar surface area (TPSA) is 73.2 Å². The van der Waals surface area contributed by atoms with Crippen LogP contribution in [0.3, 0.4) is 0 Å². The van der Waals surface area contributed by atoms with E-state index in [4.69, 9.17) is 4.74 Å². The minimum Gasteiger partial charge on any atom is -0.462 e. The number of nitrogens with one attached hydrogen (secondary N) is 1. The number of esters is 1. The lowest BCUT2D eigenvalue weighted by atomic mass is 10.2. The number of aryl methyl sites for hydroxylation is 1. The standard InChI is InChI=1S/C18H25N3O3S/c1-5-12(4)19-16(22)11-25-18-20-14-10-13(17(23)24-7-3)8-9-15(14)21(18)6-2/h8-10,12H,5-7,11H2,1-4H3,(H,19,22). The lowest BCUT2D eigenvalue weighted by Gasteiger charge is -2.11. The van der Waals surface area contributed by atoms with Crippen LogP contribution in [0.25, 0.3) is 11.0 Å². The number of ether oxygens (including phenoxy) is 1. The van der Waals surface area contributed by atoms with Crippen molar-refractivity contribution in [2.75, 3.05) is 12.4 Å². The van der Waals surface area contributed by atoms with Gasteiger partial charge in [0, 0.05) is 12.6 Å². The van der Waals surface area contributed by atoms with Crippen LogP contribution in [0.1, 0.15) is 44.5 Å². The number of carbonyl (C=O) groups excluding carboxylic acids is 2. The summed E-state index contributed by atoms with van der Waals surface area (Å²) in [6, 6.07) is 5.54. The van der Waals surface area contributed by atoms with Gasteiger partial charge in [0.15, 0.2) is 5.16 Å². The normalized spacial score (nSPS) is 12.2. The zero-order chi connectivity index (χ0) is 18.4. The molecule has 1 atom stereocenters. The van der Waals surface area contributed by atoms with Gasteiger partial charge in [-0.25, -0.2) is 9.78 Å². The highest BCUT2D eigenvalue weighted by Gasteiger charge is 2.15. The fourth-order valence-electron chi connectivity index (χ4n) is 2.41. The van der Waals surface area contributed by atoms with E-state index in [1.54, 1.807) is 19.1 Å². The molecule has 1 heterocycles. The average Bonchev–Trinajstić information content (AvgIpc) is 2.96. The SMILES string of the molecule is CCOC(=O)c1ccc2c(c1)nc(SCC(=O)NC(C)CC)n2CC. The van der Waals surface area contributed by atoms with E-state index in [1.165, 1.54) is 11.8 Å². The molecule has 0 bridgehead atoms. The summed E-state index contributed by atoms with van der Waals surface area (Å²) in [6.07, 6.45) is 0.903. The second kappa shape index (κ2) is 8.89. The van der Waals surface area contributed by atoms with E-state index in [2.05, 4.69) is 10.3 Å². The highest BCUT2D eigenvalue weighted by atomic mass is 32.2. The third-order valence-electron chi connectivity index (χ3n) is 3.89. The molecule has 0 fully saturated rings. The largest absolute Gasteiger partial charge is 0.462 e. The van der Waals surface area contributed by atoms with Crippen molar-refractivity contribution in [3.8, 4) is 0 Å². The molecular weight excluding hydrogens is 338 g/mol. The molecule has 25 heavy (non-hydrogen) atoms. The van der Waals surface area contributed by atoms with Crippen LogP contribution >= 0.6 is 11.8 Å². The molecule has 0 aliphatic carbocycles. The van der Waals surface area contributed by atoms with Crippen LogP contribution in [0, 0.1) is 0 Å². The Morgan fingerprint density at radius 3 is 2.72 bits per heavy atom. The predicted octanol–water partition coefficient (Wildman–Crippen LogP) is 3.24. The number of aromatic nitrogens is 2. The van der Waals surface area contributed by atoms with Crippen molar-refractivity contribution in [1.29, 1.82) is 0 Å². The summed E-state index contributed by atoms with van der Waals surface area (Å²) in [7, 11) is 0. The molecular formula is C18H25N3O3S. The molecule has 0 aliphatic heterocycles. The van der Waals surface area contributed by atoms with Crippen LogP contribution in [0.5, 0.6) is 0 Å². The van der Waals surface area contributed by atoms with Crippen molar-refractivity contribution in [3.05, 3.63) is 23.8 Å². The van der Waals surface area contributed by atoms with Crippen molar-refractivity contribution in [2.24, 2.45) is 0 Å². The zero-order valence-electron chi connectivity index (χ0n) is 15.2. The first-order valence-electron chi connectivity index (χ1n) is 8.59. The molecule has 0 saturated carbocycles. The number of hydrogen-bond acceptors (Lipinski definition) is 5. The second-order valence-corrected chi connectivity index (χ2v) is 6.67. The van der Waals surface area contributed by atoms with Gasteiger partial charge in [-0.3, -0.25) is 4.79 Å². The van der Waals surface area contributed by atoms with Gasteiger partial charge in [0.1, 0.15) is 0 Å². The minimum atomic E-state index is -0.349. The maximum atomic E-state index is 12.0. The van der Waals surface area contributed by atoms with E-state index < -0.39 is 0 Å². The molecule has 0 saturated heterocycles. The number of hydrogen-bond donors (Lipinski definition) is 1. The van der Waals surface area contributed by atoms with Crippen LogP contribution in [-0.4, -0.2) is 39.8 Å². The molecule has 1 aromatic heterocycles. The maximum Gasteiger partial charge on any atom is 0.338 e. The highest BCUT2D eigenvalue weighted by Crippen LogP contribution is 2.25. The summed E-state index contributed by atoms with van der Waals surface area (Å²) < 4.78 is 7.08. The number of thioether (sulfide) groups is 1. The van der Waals surface area contributed by atoms with Gasteiger partial charge in [0.2, 0.25) is 5.91 Å². The Morgan fingerprint density at radius 1 is 1.32 bits per heavy atom. The van der Waals surface area contributed by atoms with Gasteiger partial charge >= 0.3 is 5.97 Å². The van der Waals surface area contributed by atoms with E-state index in [0.29, 0.717) is 17.9 Å². The first kappa shape index (κ1) is 19.3. The molecule has 7 heteroatoms. The Morgan fingerprint density at radius 2 is 2.08 bits per heavy atom. The van der Waals surface area contributed by atoms with Crippen LogP contribution < -0.4 is 5.32 Å². The van der Waals surface area contributed by atoms with E-state index >= 15 is 0 Å². The average molecular weight is 363 g/mol. The molecule has 2 aromatic rings. The fourth-order valence-corrected chi connectivity index (χ4v) is 3.30. The molecule has 1 amide bonds. The number of imidazole rings is 1. The Hall–Kier alpha value is -2.02. The second-order valence-electron chi connectivity index (χ2n) is 5.73. The molecule has 1 unspecified atom stereocenters. The third-order valence-corrected chi connectivity index (χ3v) is 4.87. The van der Waals surface area contributed by atoms with Gasteiger partial charge in [-0.05, 0) is 45.4 Å². The Kier molecular flexibility index (Phi) is 6.87. The van der Waals surface area contributed by atoms with E-state index in [9.17, 15) is 9.59 Å². The summed E-state index contributed by atoms with van der Waals surface area (Å²) in [5.41, 5.74) is 2.17. The van der Waals surface area contributed by atoms with Gasteiger partial charge < -0.3 is 14.6 Å². The zero-order valence-corrected chi connectivity index (χ0v) is 16.0. The maximum absolute atomic E-state index is 12.0. The van der Waals surface area contributed by atoms with Crippen LogP contribution in [0.15, 0.2) is 23.4 Å². The fraction of sp³-hybridized carbons (Fsp3) is 0.500. The van der Waals surface area contributed by atoms with E-state index in [0.717, 1.165) is 29.2 Å². The monoisotopic (exact) mass is 363 g/mol. The summed E-state index contributed by atoms with van der Waals surface area (Å²) in [6.45, 7) is 8.92. The van der Waals surface area contributed by atoms with Crippen LogP contribution in [0.4, 0.5) is 0 Å². The van der Waals surface area contributed by atoms with Crippen molar-refractivity contribution in [1.82, 2.24) is 14.9 Å². The van der Waals surface area contributed by atoms with Gasteiger partial charge in [0.25, 0.3) is 0 Å². The lowest BCUT2D eigenvalue weighted by Crippen LogP contribution is -2.33. The summed E-state index contributed by atoms with van der Waals surface area (Å²) in [4.78, 5) is 28.5. The van der Waals surface area contributed by atoms with E-state index in [-0.39, 0.29) is 17.9 Å². The molecule has 0 spiro atoms. The van der Waals surface area contributed by atoms with Crippen molar-refractivity contribution in [3.63, 3.8) is 0 Å². The van der Waals surface area contributed by atoms with Crippen molar-refractivity contribution < 1.29 is 14.3 Å². The van der Waals surface area contributed by atoms with Crippen LogP contribution in [-0.2, 0) is 16.1 Å². The number of fused-ring (bicyclic) bond motifs is 1. The number of benzene rings is 1. The number of carbonyl (C=O) groups is 2. The number of amides is 1. The quantitative estimate of drug-likeness (QED) is 0.576. The van der Waals surface area contributed by atoms with Crippen molar-refractivity contribution >= 4 is 34.7 Å². The van der Waals surface area contributed by atoms with Crippen LogP contribution in [0.2, 0.25) is 0 Å².